The van der Waals surface area contributed by atoms with Gasteiger partial charge in [0.15, 0.2) is 5.69 Å². The molecule has 112 valence electrons. The van der Waals surface area contributed by atoms with Gasteiger partial charge in [0.2, 0.25) is 5.95 Å². The van der Waals surface area contributed by atoms with Gasteiger partial charge in [-0.25, -0.2) is 4.98 Å². The van der Waals surface area contributed by atoms with Crippen molar-refractivity contribution in [3.63, 3.8) is 0 Å². The van der Waals surface area contributed by atoms with Gasteiger partial charge in [0.05, 0.1) is 0 Å². The molecule has 0 bridgehead atoms. The second kappa shape index (κ2) is 5.46. The number of alkyl halides is 3. The summed E-state index contributed by atoms with van der Waals surface area (Å²) >= 11 is 0. The number of hydrogen-bond acceptors (Lipinski definition) is 4. The predicted molar refractivity (Wildman–Crippen MR) is 71.0 cm³/mol. The van der Waals surface area contributed by atoms with Gasteiger partial charge < -0.3 is 11.1 Å². The summed E-state index contributed by atoms with van der Waals surface area (Å²) in [5.74, 6) is 0.837. The number of nitrogen functional groups attached to an aromatic ring is 1. The highest BCUT2D eigenvalue weighted by molar-refractivity contribution is 5.42. The molecular weight excluding hydrogens is 269 g/mol. The van der Waals surface area contributed by atoms with Crippen LogP contribution in [0.2, 0.25) is 0 Å². The van der Waals surface area contributed by atoms with E-state index in [0.29, 0.717) is 11.8 Å². The Morgan fingerprint density at radius 2 is 1.95 bits per heavy atom. The molecule has 3 N–H and O–H groups in total. The Bertz CT molecular complexity index is 475. The number of hydrogen-bond donors (Lipinski definition) is 2. The van der Waals surface area contributed by atoms with Crippen LogP contribution in [0.1, 0.15) is 38.8 Å². The van der Waals surface area contributed by atoms with Crippen molar-refractivity contribution in [3.05, 3.63) is 11.8 Å². The highest BCUT2D eigenvalue weighted by atomic mass is 19.4. The molecule has 0 amide bonds. The van der Waals surface area contributed by atoms with Crippen molar-refractivity contribution >= 4 is 11.8 Å². The van der Waals surface area contributed by atoms with E-state index in [-0.39, 0.29) is 17.8 Å². The van der Waals surface area contributed by atoms with E-state index in [2.05, 4.69) is 29.1 Å². The summed E-state index contributed by atoms with van der Waals surface area (Å²) in [6.07, 6.45) is -1.47. The van der Waals surface area contributed by atoms with Gasteiger partial charge in [-0.15, -0.1) is 0 Å². The molecule has 0 radical (unpaired) electrons. The molecule has 0 aromatic carbocycles. The summed E-state index contributed by atoms with van der Waals surface area (Å²) in [4.78, 5) is 7.08. The van der Waals surface area contributed by atoms with Crippen LogP contribution in [0.25, 0.3) is 0 Å². The van der Waals surface area contributed by atoms with Crippen LogP contribution < -0.4 is 11.1 Å². The molecular formula is C13H19F3N4. The average molecular weight is 288 g/mol. The largest absolute Gasteiger partial charge is 0.433 e. The van der Waals surface area contributed by atoms with Crippen LogP contribution in [0.3, 0.4) is 0 Å². The van der Waals surface area contributed by atoms with Crippen molar-refractivity contribution in [2.45, 2.75) is 45.3 Å². The van der Waals surface area contributed by atoms with Crippen molar-refractivity contribution in [2.24, 2.45) is 11.8 Å². The lowest BCUT2D eigenvalue weighted by Gasteiger charge is -2.33. The van der Waals surface area contributed by atoms with E-state index >= 15 is 0 Å². The number of aromatic nitrogens is 2. The van der Waals surface area contributed by atoms with Crippen LogP contribution in [0.4, 0.5) is 24.9 Å². The van der Waals surface area contributed by atoms with Gasteiger partial charge in [-0.2, -0.15) is 18.2 Å². The number of nitrogens with one attached hydrogen (secondary N) is 1. The standard InChI is InChI=1S/C13H19F3N4/c1-7-3-4-9(8(2)5-7)18-11-6-10(13(14,15)16)19-12(17)20-11/h6-9H,3-5H2,1-2H3,(H3,17,18,19,20). The van der Waals surface area contributed by atoms with Crippen LogP contribution in [-0.4, -0.2) is 16.0 Å². The summed E-state index contributed by atoms with van der Waals surface area (Å²) in [6.45, 7) is 4.29. The van der Waals surface area contributed by atoms with E-state index in [1.807, 2.05) is 0 Å². The number of anilines is 2. The number of halogens is 3. The molecule has 1 fully saturated rings. The van der Waals surface area contributed by atoms with Crippen LogP contribution in [0.5, 0.6) is 0 Å². The quantitative estimate of drug-likeness (QED) is 0.876. The fourth-order valence-electron chi connectivity index (χ4n) is 2.75. The zero-order valence-electron chi connectivity index (χ0n) is 11.5. The Hall–Kier alpha value is -1.53. The fourth-order valence-corrected chi connectivity index (χ4v) is 2.75. The molecule has 0 spiro atoms. The minimum Gasteiger partial charge on any atom is -0.368 e. The van der Waals surface area contributed by atoms with Crippen molar-refractivity contribution in [3.8, 4) is 0 Å². The molecule has 4 nitrogen and oxygen atoms in total. The molecule has 1 aliphatic carbocycles. The molecule has 3 unspecified atom stereocenters. The summed E-state index contributed by atoms with van der Waals surface area (Å²) in [6, 6.07) is 1.04. The van der Waals surface area contributed by atoms with Gasteiger partial charge in [-0.05, 0) is 31.1 Å². The van der Waals surface area contributed by atoms with E-state index in [4.69, 9.17) is 5.73 Å². The van der Waals surface area contributed by atoms with Gasteiger partial charge >= 0.3 is 6.18 Å². The first-order valence-electron chi connectivity index (χ1n) is 6.74. The van der Waals surface area contributed by atoms with Gasteiger partial charge in [-0.1, -0.05) is 13.8 Å². The van der Waals surface area contributed by atoms with E-state index < -0.39 is 11.9 Å². The van der Waals surface area contributed by atoms with E-state index in [1.165, 1.54) is 0 Å². The zero-order valence-corrected chi connectivity index (χ0v) is 11.5. The first kappa shape index (κ1) is 14.9. The van der Waals surface area contributed by atoms with Crippen LogP contribution >= 0.6 is 0 Å². The molecule has 7 heteroatoms. The first-order valence-corrected chi connectivity index (χ1v) is 6.74. The average Bonchev–Trinajstić information content (AvgIpc) is 2.31. The summed E-state index contributed by atoms with van der Waals surface area (Å²) in [5, 5.41) is 3.07. The third-order valence-corrected chi connectivity index (χ3v) is 3.80. The van der Waals surface area contributed by atoms with Crippen LogP contribution in [0.15, 0.2) is 6.07 Å². The third-order valence-electron chi connectivity index (χ3n) is 3.80. The maximum absolute atomic E-state index is 12.7. The van der Waals surface area contributed by atoms with Gasteiger partial charge in [-0.3, -0.25) is 0 Å². The van der Waals surface area contributed by atoms with Gasteiger partial charge in [0.1, 0.15) is 5.82 Å². The zero-order chi connectivity index (χ0) is 14.9. The lowest BCUT2D eigenvalue weighted by molar-refractivity contribution is -0.141. The Balaban J connectivity index is 2.15. The minimum absolute atomic E-state index is 0.126. The van der Waals surface area contributed by atoms with Crippen molar-refractivity contribution in [2.75, 3.05) is 11.1 Å². The third kappa shape index (κ3) is 3.52. The molecule has 2 rings (SSSR count). The molecule has 1 aromatic rings. The fraction of sp³-hybridized carbons (Fsp3) is 0.692. The van der Waals surface area contributed by atoms with Crippen molar-refractivity contribution in [1.29, 1.82) is 0 Å². The summed E-state index contributed by atoms with van der Waals surface area (Å²) in [5.41, 5.74) is 4.35. The van der Waals surface area contributed by atoms with E-state index in [0.717, 1.165) is 25.3 Å². The molecule has 1 aromatic heterocycles. The number of rotatable bonds is 2. The Morgan fingerprint density at radius 1 is 1.25 bits per heavy atom. The van der Waals surface area contributed by atoms with Gasteiger partial charge in [0.25, 0.3) is 0 Å². The topological polar surface area (TPSA) is 63.8 Å². The number of nitrogens with two attached hydrogens (primary N) is 1. The minimum atomic E-state index is -4.51. The van der Waals surface area contributed by atoms with E-state index in [9.17, 15) is 13.2 Å². The first-order chi connectivity index (χ1) is 9.25. The second-order valence-electron chi connectivity index (χ2n) is 5.64. The van der Waals surface area contributed by atoms with Crippen LogP contribution in [0, 0.1) is 11.8 Å². The van der Waals surface area contributed by atoms with Crippen molar-refractivity contribution in [1.82, 2.24) is 9.97 Å². The maximum Gasteiger partial charge on any atom is 0.433 e. The molecule has 3 atom stereocenters. The van der Waals surface area contributed by atoms with Crippen molar-refractivity contribution < 1.29 is 13.2 Å². The Morgan fingerprint density at radius 3 is 2.55 bits per heavy atom. The molecule has 1 aliphatic rings. The Labute approximate surface area is 116 Å². The molecule has 0 saturated heterocycles. The molecule has 1 heterocycles. The summed E-state index contributed by atoms with van der Waals surface area (Å²) in [7, 11) is 0. The Kier molecular flexibility index (Phi) is 4.06. The monoisotopic (exact) mass is 288 g/mol. The van der Waals surface area contributed by atoms with Gasteiger partial charge in [0, 0.05) is 12.1 Å². The molecule has 20 heavy (non-hydrogen) atoms. The summed E-state index contributed by atoms with van der Waals surface area (Å²) < 4.78 is 38.0. The number of nitrogens with zero attached hydrogens (tertiary/aromatic N) is 2. The molecule has 0 aliphatic heterocycles. The highest BCUT2D eigenvalue weighted by Crippen LogP contribution is 2.32. The predicted octanol–water partition coefficient (Wildman–Crippen LogP) is 3.31. The van der Waals surface area contributed by atoms with Crippen LogP contribution in [-0.2, 0) is 6.18 Å². The SMILES string of the molecule is CC1CCC(Nc2cc(C(F)(F)F)nc(N)n2)C(C)C1. The van der Waals surface area contributed by atoms with E-state index in [1.54, 1.807) is 0 Å². The smallest absolute Gasteiger partial charge is 0.368 e. The lowest BCUT2D eigenvalue weighted by Crippen LogP contribution is -2.33. The molecule has 1 saturated carbocycles. The second-order valence-corrected chi connectivity index (χ2v) is 5.64. The highest BCUT2D eigenvalue weighted by Gasteiger charge is 2.34. The normalized spacial score (nSPS) is 27.4. The maximum atomic E-state index is 12.7. The lowest BCUT2D eigenvalue weighted by atomic mass is 9.80.